The van der Waals surface area contributed by atoms with E-state index in [0.717, 1.165) is 26.0 Å². The van der Waals surface area contributed by atoms with Crippen LogP contribution in [0.3, 0.4) is 0 Å². The van der Waals surface area contributed by atoms with Crippen molar-refractivity contribution >= 4 is 11.8 Å². The molecule has 1 rings (SSSR count). The SMILES string of the molecule is CSCCCC(CO)NCC1CCCO1. The summed E-state index contributed by atoms with van der Waals surface area (Å²) >= 11 is 1.86. The maximum atomic E-state index is 9.19. The van der Waals surface area contributed by atoms with E-state index in [4.69, 9.17) is 4.74 Å². The molecule has 0 bridgehead atoms. The largest absolute Gasteiger partial charge is 0.395 e. The van der Waals surface area contributed by atoms with Crippen LogP contribution < -0.4 is 5.32 Å². The molecule has 2 unspecified atom stereocenters. The summed E-state index contributed by atoms with van der Waals surface area (Å²) in [5.41, 5.74) is 0. The van der Waals surface area contributed by atoms with Gasteiger partial charge in [-0.05, 0) is 37.7 Å². The lowest BCUT2D eigenvalue weighted by atomic mass is 10.1. The van der Waals surface area contributed by atoms with Crippen molar-refractivity contribution in [3.8, 4) is 0 Å². The molecule has 15 heavy (non-hydrogen) atoms. The highest BCUT2D eigenvalue weighted by Gasteiger charge is 2.16. The molecule has 0 aliphatic carbocycles. The fraction of sp³-hybridized carbons (Fsp3) is 1.00. The van der Waals surface area contributed by atoms with Crippen LogP contribution in [0.4, 0.5) is 0 Å². The summed E-state index contributed by atoms with van der Waals surface area (Å²) in [6.45, 7) is 2.04. The van der Waals surface area contributed by atoms with Gasteiger partial charge in [0, 0.05) is 19.2 Å². The maximum absolute atomic E-state index is 9.19. The molecule has 4 heteroatoms. The van der Waals surface area contributed by atoms with E-state index in [-0.39, 0.29) is 12.6 Å². The summed E-state index contributed by atoms with van der Waals surface area (Å²) in [7, 11) is 0. The fourth-order valence-electron chi connectivity index (χ4n) is 1.84. The first-order valence-corrected chi connectivity index (χ1v) is 7.21. The number of hydrogen-bond acceptors (Lipinski definition) is 4. The number of thioether (sulfide) groups is 1. The van der Waals surface area contributed by atoms with Crippen molar-refractivity contribution in [3.63, 3.8) is 0 Å². The predicted molar refractivity (Wildman–Crippen MR) is 65.5 cm³/mol. The number of rotatable bonds is 8. The highest BCUT2D eigenvalue weighted by molar-refractivity contribution is 7.98. The molecule has 0 radical (unpaired) electrons. The van der Waals surface area contributed by atoms with Crippen molar-refractivity contribution in [3.05, 3.63) is 0 Å². The van der Waals surface area contributed by atoms with Gasteiger partial charge in [-0.3, -0.25) is 0 Å². The number of ether oxygens (including phenoxy) is 1. The molecule has 0 aromatic carbocycles. The zero-order valence-electron chi connectivity index (χ0n) is 9.58. The molecule has 0 aromatic rings. The minimum Gasteiger partial charge on any atom is -0.395 e. The van der Waals surface area contributed by atoms with Gasteiger partial charge in [-0.25, -0.2) is 0 Å². The Morgan fingerprint density at radius 1 is 1.60 bits per heavy atom. The van der Waals surface area contributed by atoms with Gasteiger partial charge in [0.2, 0.25) is 0 Å². The van der Waals surface area contributed by atoms with Crippen molar-refractivity contribution in [1.82, 2.24) is 5.32 Å². The maximum Gasteiger partial charge on any atom is 0.0700 e. The van der Waals surface area contributed by atoms with Crippen molar-refractivity contribution in [1.29, 1.82) is 0 Å². The van der Waals surface area contributed by atoms with Crippen LogP contribution in [0.15, 0.2) is 0 Å². The molecular weight excluding hydrogens is 210 g/mol. The zero-order valence-corrected chi connectivity index (χ0v) is 10.4. The molecule has 0 saturated carbocycles. The van der Waals surface area contributed by atoms with Crippen LogP contribution in [-0.4, -0.2) is 49.0 Å². The van der Waals surface area contributed by atoms with E-state index in [1.807, 2.05) is 11.8 Å². The van der Waals surface area contributed by atoms with E-state index in [1.54, 1.807) is 0 Å². The first-order chi connectivity index (χ1) is 7.36. The second-order valence-electron chi connectivity index (χ2n) is 4.06. The van der Waals surface area contributed by atoms with E-state index in [2.05, 4.69) is 11.6 Å². The molecule has 1 fully saturated rings. The van der Waals surface area contributed by atoms with Gasteiger partial charge in [-0.1, -0.05) is 0 Å². The van der Waals surface area contributed by atoms with Gasteiger partial charge in [-0.2, -0.15) is 11.8 Å². The predicted octanol–water partition coefficient (Wildman–Crippen LogP) is 1.26. The summed E-state index contributed by atoms with van der Waals surface area (Å²) in [6.07, 6.45) is 7.07. The van der Waals surface area contributed by atoms with Crippen LogP contribution in [0.25, 0.3) is 0 Å². The van der Waals surface area contributed by atoms with Crippen LogP contribution in [0.5, 0.6) is 0 Å². The summed E-state index contributed by atoms with van der Waals surface area (Å²) in [5, 5.41) is 12.6. The van der Waals surface area contributed by atoms with Crippen molar-refractivity contribution in [2.45, 2.75) is 37.8 Å². The van der Waals surface area contributed by atoms with Crippen LogP contribution in [0, 0.1) is 0 Å². The molecule has 0 aromatic heterocycles. The first kappa shape index (κ1) is 13.3. The Bertz CT molecular complexity index is 152. The van der Waals surface area contributed by atoms with Crippen molar-refractivity contribution in [2.24, 2.45) is 0 Å². The molecule has 0 spiro atoms. The first-order valence-electron chi connectivity index (χ1n) is 5.81. The highest BCUT2D eigenvalue weighted by atomic mass is 32.2. The summed E-state index contributed by atoms with van der Waals surface area (Å²) in [4.78, 5) is 0. The van der Waals surface area contributed by atoms with Gasteiger partial charge in [0.15, 0.2) is 0 Å². The van der Waals surface area contributed by atoms with E-state index >= 15 is 0 Å². The average molecular weight is 233 g/mol. The number of aliphatic hydroxyl groups excluding tert-OH is 1. The summed E-state index contributed by atoms with van der Waals surface area (Å²) in [6, 6.07) is 0.251. The number of hydrogen-bond donors (Lipinski definition) is 2. The normalized spacial score (nSPS) is 23.2. The van der Waals surface area contributed by atoms with E-state index in [1.165, 1.54) is 18.6 Å². The minimum atomic E-state index is 0.237. The van der Waals surface area contributed by atoms with Crippen LogP contribution in [0.2, 0.25) is 0 Å². The Morgan fingerprint density at radius 2 is 2.47 bits per heavy atom. The Kier molecular flexibility index (Phi) is 7.44. The topological polar surface area (TPSA) is 41.5 Å². The lowest BCUT2D eigenvalue weighted by molar-refractivity contribution is 0.103. The quantitative estimate of drug-likeness (QED) is 0.619. The Labute approximate surface area is 97.0 Å². The Balaban J connectivity index is 2.04. The van der Waals surface area contributed by atoms with E-state index < -0.39 is 0 Å². The van der Waals surface area contributed by atoms with Gasteiger partial charge in [0.1, 0.15) is 0 Å². The number of aliphatic hydroxyl groups is 1. The van der Waals surface area contributed by atoms with Crippen LogP contribution in [-0.2, 0) is 4.74 Å². The molecule has 2 N–H and O–H groups in total. The molecule has 0 amide bonds. The minimum absolute atomic E-state index is 0.237. The standard InChI is InChI=1S/C11H23NO2S/c1-15-7-3-4-10(9-13)12-8-11-5-2-6-14-11/h10-13H,2-9H2,1H3. The fourth-order valence-corrected chi connectivity index (χ4v) is 2.29. The molecule has 3 nitrogen and oxygen atoms in total. The van der Waals surface area contributed by atoms with Crippen molar-refractivity contribution < 1.29 is 9.84 Å². The molecular formula is C11H23NO2S. The Morgan fingerprint density at radius 3 is 3.07 bits per heavy atom. The second-order valence-corrected chi connectivity index (χ2v) is 5.04. The van der Waals surface area contributed by atoms with Gasteiger partial charge >= 0.3 is 0 Å². The molecule has 90 valence electrons. The van der Waals surface area contributed by atoms with Crippen molar-refractivity contribution in [2.75, 3.05) is 31.8 Å². The van der Waals surface area contributed by atoms with Gasteiger partial charge in [0.25, 0.3) is 0 Å². The molecule has 2 atom stereocenters. The second kappa shape index (κ2) is 8.39. The third-order valence-corrected chi connectivity index (χ3v) is 3.48. The smallest absolute Gasteiger partial charge is 0.0700 e. The summed E-state index contributed by atoms with van der Waals surface area (Å²) in [5.74, 6) is 1.18. The summed E-state index contributed by atoms with van der Waals surface area (Å²) < 4.78 is 5.53. The monoisotopic (exact) mass is 233 g/mol. The molecule has 1 heterocycles. The van der Waals surface area contributed by atoms with Gasteiger partial charge in [-0.15, -0.1) is 0 Å². The van der Waals surface area contributed by atoms with Crippen LogP contribution in [0.1, 0.15) is 25.7 Å². The third-order valence-electron chi connectivity index (χ3n) is 2.78. The third kappa shape index (κ3) is 5.76. The average Bonchev–Trinajstić information content (AvgIpc) is 2.76. The zero-order chi connectivity index (χ0) is 10.9. The van der Waals surface area contributed by atoms with Gasteiger partial charge < -0.3 is 15.2 Å². The molecule has 1 aliphatic heterocycles. The highest BCUT2D eigenvalue weighted by Crippen LogP contribution is 2.11. The van der Waals surface area contributed by atoms with Gasteiger partial charge in [0.05, 0.1) is 12.7 Å². The Hall–Kier alpha value is 0.230. The molecule has 1 saturated heterocycles. The lowest BCUT2D eigenvalue weighted by Gasteiger charge is -2.18. The van der Waals surface area contributed by atoms with Crippen LogP contribution >= 0.6 is 11.8 Å². The lowest BCUT2D eigenvalue weighted by Crippen LogP contribution is -2.37. The van der Waals surface area contributed by atoms with E-state index in [9.17, 15) is 5.11 Å². The number of nitrogens with one attached hydrogen (secondary N) is 1. The van der Waals surface area contributed by atoms with E-state index in [0.29, 0.717) is 6.10 Å². The molecule has 1 aliphatic rings.